The van der Waals surface area contributed by atoms with Crippen LogP contribution in [-0.4, -0.2) is 40.6 Å². The number of rotatable bonds is 6. The third kappa shape index (κ3) is 4.06. The van der Waals surface area contributed by atoms with Crippen molar-refractivity contribution in [3.8, 4) is 0 Å². The third-order valence-corrected chi connectivity index (χ3v) is 3.04. The summed E-state index contributed by atoms with van der Waals surface area (Å²) >= 11 is 0. The number of hydrogen-bond acceptors (Lipinski definition) is 6. The van der Waals surface area contributed by atoms with Gasteiger partial charge in [0, 0.05) is 0 Å². The van der Waals surface area contributed by atoms with Crippen molar-refractivity contribution < 1.29 is 17.7 Å². The average Bonchev–Trinajstić information content (AvgIpc) is 2.75. The van der Waals surface area contributed by atoms with E-state index < -0.39 is 22.4 Å². The van der Waals surface area contributed by atoms with Crippen LogP contribution in [0.2, 0.25) is 0 Å². The molecule has 0 aliphatic carbocycles. The molecule has 0 radical (unpaired) electrons. The Bertz CT molecular complexity index is 431. The fourth-order valence-electron chi connectivity index (χ4n) is 1.31. The first-order valence-electron chi connectivity index (χ1n) is 5.25. The van der Waals surface area contributed by atoms with Gasteiger partial charge in [0.15, 0.2) is 6.23 Å². The number of hydrogen-bond donors (Lipinski definition) is 1. The summed E-state index contributed by atoms with van der Waals surface area (Å²) in [7, 11) is -3.68. The number of aliphatic hydroxyl groups is 1. The fourth-order valence-corrected chi connectivity index (χ4v) is 1.87. The van der Waals surface area contributed by atoms with Crippen LogP contribution in [0.4, 0.5) is 0 Å². The Morgan fingerprint density at radius 2 is 2.18 bits per heavy atom. The Kier molecular flexibility index (Phi) is 4.61. The summed E-state index contributed by atoms with van der Waals surface area (Å²) in [5.41, 5.74) is 0. The van der Waals surface area contributed by atoms with Gasteiger partial charge in [0.2, 0.25) is 0 Å². The summed E-state index contributed by atoms with van der Waals surface area (Å²) in [5.74, 6) is -0.119. The zero-order valence-electron chi connectivity index (χ0n) is 10.0. The van der Waals surface area contributed by atoms with E-state index in [4.69, 9.17) is 4.18 Å². The summed E-state index contributed by atoms with van der Waals surface area (Å²) in [4.78, 5) is 3.71. The molecule has 98 valence electrons. The molecule has 0 aliphatic heterocycles. The van der Waals surface area contributed by atoms with E-state index in [-0.39, 0.29) is 5.92 Å². The lowest BCUT2D eigenvalue weighted by atomic mass is 10.0. The van der Waals surface area contributed by atoms with Gasteiger partial charge in [-0.3, -0.25) is 0 Å². The molecule has 7 nitrogen and oxygen atoms in total. The largest absolute Gasteiger partial charge is 0.388 e. The molecule has 3 unspecified atom stereocenters. The van der Waals surface area contributed by atoms with E-state index in [1.165, 1.54) is 17.3 Å². The molecule has 0 spiro atoms. The molecular formula is C9H17N3O4S. The van der Waals surface area contributed by atoms with Crippen molar-refractivity contribution in [2.75, 3.05) is 6.26 Å². The molecule has 0 saturated heterocycles. The molecule has 0 fully saturated rings. The van der Waals surface area contributed by atoms with Crippen molar-refractivity contribution in [1.82, 2.24) is 14.8 Å². The van der Waals surface area contributed by atoms with Gasteiger partial charge in [-0.2, -0.15) is 13.5 Å². The van der Waals surface area contributed by atoms with Crippen LogP contribution in [0.3, 0.4) is 0 Å². The second kappa shape index (κ2) is 5.56. The second-order valence-electron chi connectivity index (χ2n) is 3.94. The van der Waals surface area contributed by atoms with Crippen LogP contribution < -0.4 is 0 Å². The summed E-state index contributed by atoms with van der Waals surface area (Å²) in [5, 5.41) is 13.8. The second-order valence-corrected chi connectivity index (χ2v) is 5.54. The Morgan fingerprint density at radius 3 is 2.59 bits per heavy atom. The number of aromatic nitrogens is 3. The zero-order chi connectivity index (χ0) is 13.1. The first-order valence-corrected chi connectivity index (χ1v) is 7.07. The van der Waals surface area contributed by atoms with Crippen molar-refractivity contribution in [2.24, 2.45) is 5.92 Å². The van der Waals surface area contributed by atoms with Crippen LogP contribution in [-0.2, 0) is 14.3 Å². The number of nitrogens with zero attached hydrogens (tertiary/aromatic N) is 3. The van der Waals surface area contributed by atoms with E-state index in [9.17, 15) is 13.5 Å². The molecule has 0 aromatic carbocycles. The molecule has 0 aliphatic rings. The monoisotopic (exact) mass is 263 g/mol. The van der Waals surface area contributed by atoms with E-state index in [1.807, 2.05) is 6.92 Å². The highest BCUT2D eigenvalue weighted by Crippen LogP contribution is 2.22. The first-order chi connectivity index (χ1) is 7.85. The Morgan fingerprint density at radius 1 is 1.53 bits per heavy atom. The summed E-state index contributed by atoms with van der Waals surface area (Å²) in [6, 6.07) is 0. The maximum atomic E-state index is 11.2. The van der Waals surface area contributed by atoms with Crippen molar-refractivity contribution in [3.05, 3.63) is 12.7 Å². The van der Waals surface area contributed by atoms with Crippen LogP contribution in [0.15, 0.2) is 12.7 Å². The van der Waals surface area contributed by atoms with E-state index in [1.54, 1.807) is 6.92 Å². The lowest BCUT2D eigenvalue weighted by Gasteiger charge is -2.25. The van der Waals surface area contributed by atoms with Gasteiger partial charge >= 0.3 is 0 Å². The molecule has 0 amide bonds. The summed E-state index contributed by atoms with van der Waals surface area (Å²) < 4.78 is 28.4. The highest BCUT2D eigenvalue weighted by atomic mass is 32.2. The normalized spacial score (nSPS) is 17.6. The van der Waals surface area contributed by atoms with Gasteiger partial charge in [-0.25, -0.2) is 13.8 Å². The summed E-state index contributed by atoms with van der Waals surface area (Å²) in [6.45, 7) is 3.70. The van der Waals surface area contributed by atoms with Gasteiger partial charge in [-0.15, -0.1) is 0 Å². The van der Waals surface area contributed by atoms with E-state index in [0.29, 0.717) is 6.42 Å². The van der Waals surface area contributed by atoms with E-state index in [0.717, 1.165) is 6.26 Å². The topological polar surface area (TPSA) is 94.3 Å². The molecule has 1 aromatic heterocycles. The quantitative estimate of drug-likeness (QED) is 0.735. The molecular weight excluding hydrogens is 246 g/mol. The molecule has 3 atom stereocenters. The number of aliphatic hydroxyl groups excluding tert-OH is 1. The van der Waals surface area contributed by atoms with Crippen LogP contribution in [0.1, 0.15) is 26.5 Å². The maximum Gasteiger partial charge on any atom is 0.266 e. The molecule has 1 N–H and O–H groups in total. The summed E-state index contributed by atoms with van der Waals surface area (Å²) in [6.07, 6.45) is 2.13. The standard InChI is InChI=1S/C9H17N3O4S/c1-4-7(2)8(13)9(16-17(3,14)15)12-6-10-5-11-12/h5-9,13H,4H2,1-3H3. The Balaban J connectivity index is 2.95. The zero-order valence-corrected chi connectivity index (χ0v) is 10.8. The minimum atomic E-state index is -3.68. The highest BCUT2D eigenvalue weighted by molar-refractivity contribution is 7.85. The van der Waals surface area contributed by atoms with Crippen LogP contribution in [0, 0.1) is 5.92 Å². The average molecular weight is 263 g/mol. The Labute approximate surface area is 101 Å². The van der Waals surface area contributed by atoms with Crippen molar-refractivity contribution in [3.63, 3.8) is 0 Å². The van der Waals surface area contributed by atoms with Gasteiger partial charge in [0.25, 0.3) is 10.1 Å². The van der Waals surface area contributed by atoms with Gasteiger partial charge < -0.3 is 5.11 Å². The molecule has 0 bridgehead atoms. The van der Waals surface area contributed by atoms with Gasteiger partial charge in [-0.1, -0.05) is 20.3 Å². The molecule has 0 saturated carbocycles. The van der Waals surface area contributed by atoms with Crippen molar-refractivity contribution in [2.45, 2.75) is 32.6 Å². The SMILES string of the molecule is CCC(C)C(O)C(OS(C)(=O)=O)n1cncn1. The lowest BCUT2D eigenvalue weighted by Crippen LogP contribution is -2.33. The first kappa shape index (κ1) is 14.1. The minimum Gasteiger partial charge on any atom is -0.388 e. The highest BCUT2D eigenvalue weighted by Gasteiger charge is 2.30. The van der Waals surface area contributed by atoms with Gasteiger partial charge in [-0.05, 0) is 5.92 Å². The molecule has 1 aromatic rings. The molecule has 17 heavy (non-hydrogen) atoms. The lowest BCUT2D eigenvalue weighted by molar-refractivity contribution is -0.0422. The molecule has 1 rings (SSSR count). The van der Waals surface area contributed by atoms with Gasteiger partial charge in [0.05, 0.1) is 6.26 Å². The predicted molar refractivity (Wildman–Crippen MR) is 60.4 cm³/mol. The van der Waals surface area contributed by atoms with Crippen LogP contribution in [0.25, 0.3) is 0 Å². The Hall–Kier alpha value is -0.990. The van der Waals surface area contributed by atoms with Gasteiger partial charge in [0.1, 0.15) is 18.8 Å². The maximum absolute atomic E-state index is 11.2. The van der Waals surface area contributed by atoms with E-state index >= 15 is 0 Å². The minimum absolute atomic E-state index is 0.119. The fraction of sp³-hybridized carbons (Fsp3) is 0.778. The van der Waals surface area contributed by atoms with Crippen molar-refractivity contribution >= 4 is 10.1 Å². The van der Waals surface area contributed by atoms with Crippen molar-refractivity contribution in [1.29, 1.82) is 0 Å². The van der Waals surface area contributed by atoms with E-state index in [2.05, 4.69) is 10.1 Å². The molecule has 1 heterocycles. The van der Waals surface area contributed by atoms with Crippen LogP contribution >= 0.6 is 0 Å². The molecule has 8 heteroatoms. The predicted octanol–water partition coefficient (Wildman–Crippen LogP) is 0.160. The van der Waals surface area contributed by atoms with Crippen LogP contribution in [0.5, 0.6) is 0 Å². The third-order valence-electron chi connectivity index (χ3n) is 2.49. The smallest absolute Gasteiger partial charge is 0.266 e.